The van der Waals surface area contributed by atoms with Crippen LogP contribution < -0.4 is 0 Å². The first-order chi connectivity index (χ1) is 8.58. The molecule has 1 heterocycles. The van der Waals surface area contributed by atoms with Crippen molar-refractivity contribution < 1.29 is 8.78 Å². The van der Waals surface area contributed by atoms with Gasteiger partial charge < -0.3 is 0 Å². The lowest BCUT2D eigenvalue weighted by Gasteiger charge is -2.10. The van der Waals surface area contributed by atoms with E-state index in [-0.39, 0.29) is 21.4 Å². The second-order valence-electron chi connectivity index (χ2n) is 4.15. The van der Waals surface area contributed by atoms with Gasteiger partial charge in [0.15, 0.2) is 5.82 Å². The molecule has 0 aliphatic heterocycles. The van der Waals surface area contributed by atoms with Crippen LogP contribution in [0.25, 0.3) is 5.69 Å². The van der Waals surface area contributed by atoms with E-state index in [0.717, 1.165) is 18.9 Å². The largest absolute Gasteiger partial charge is 0.265 e. The number of benzene rings is 1. The SMILES string of the molecule is Fc1cc(F)c(-n2c(Cl)nnc2C2CC2)c(Br)c1. The van der Waals surface area contributed by atoms with Crippen molar-refractivity contribution in [2.24, 2.45) is 0 Å². The van der Waals surface area contributed by atoms with Gasteiger partial charge in [0.1, 0.15) is 11.6 Å². The highest BCUT2D eigenvalue weighted by Gasteiger charge is 2.32. The number of hydrogen-bond acceptors (Lipinski definition) is 2. The summed E-state index contributed by atoms with van der Waals surface area (Å²) in [6.07, 6.45) is 1.96. The Morgan fingerprint density at radius 1 is 1.28 bits per heavy atom. The second-order valence-corrected chi connectivity index (χ2v) is 5.35. The van der Waals surface area contributed by atoms with Crippen molar-refractivity contribution in [1.29, 1.82) is 0 Å². The first kappa shape index (κ1) is 12.0. The van der Waals surface area contributed by atoms with Gasteiger partial charge in [0.05, 0.1) is 5.69 Å². The molecule has 0 spiro atoms. The monoisotopic (exact) mass is 333 g/mol. The third-order valence-electron chi connectivity index (χ3n) is 2.80. The van der Waals surface area contributed by atoms with Crippen molar-refractivity contribution in [3.8, 4) is 5.69 Å². The Labute approximate surface area is 115 Å². The molecular weight excluding hydrogens is 327 g/mol. The molecule has 1 aromatic heterocycles. The summed E-state index contributed by atoms with van der Waals surface area (Å²) in [6, 6.07) is 2.00. The number of halogens is 4. The molecule has 1 saturated carbocycles. The summed E-state index contributed by atoms with van der Waals surface area (Å²) >= 11 is 9.09. The lowest BCUT2D eigenvalue weighted by Crippen LogP contribution is -2.04. The van der Waals surface area contributed by atoms with Crippen LogP contribution in [0.3, 0.4) is 0 Å². The molecule has 0 unspecified atom stereocenters. The zero-order valence-corrected chi connectivity index (χ0v) is 11.3. The Hall–Kier alpha value is -1.01. The third kappa shape index (κ3) is 1.93. The van der Waals surface area contributed by atoms with Gasteiger partial charge in [-0.15, -0.1) is 10.2 Å². The fourth-order valence-corrected chi connectivity index (χ4v) is 2.63. The summed E-state index contributed by atoms with van der Waals surface area (Å²) in [6.45, 7) is 0. The molecule has 7 heteroatoms. The molecule has 0 radical (unpaired) electrons. The Bertz CT molecular complexity index is 602. The molecule has 1 aliphatic rings. The van der Waals surface area contributed by atoms with Gasteiger partial charge in [-0.2, -0.15) is 0 Å². The maximum atomic E-state index is 13.9. The fourth-order valence-electron chi connectivity index (χ4n) is 1.84. The molecule has 0 amide bonds. The van der Waals surface area contributed by atoms with Crippen molar-refractivity contribution in [2.75, 3.05) is 0 Å². The quantitative estimate of drug-likeness (QED) is 0.835. The van der Waals surface area contributed by atoms with Crippen molar-refractivity contribution in [2.45, 2.75) is 18.8 Å². The van der Waals surface area contributed by atoms with Crippen molar-refractivity contribution >= 4 is 27.5 Å². The molecule has 3 rings (SSSR count). The minimum Gasteiger partial charge on any atom is -0.265 e. The summed E-state index contributed by atoms with van der Waals surface area (Å²) in [4.78, 5) is 0. The zero-order valence-electron chi connectivity index (χ0n) is 9.00. The van der Waals surface area contributed by atoms with E-state index in [1.807, 2.05) is 0 Å². The van der Waals surface area contributed by atoms with Crippen LogP contribution in [0.1, 0.15) is 24.6 Å². The van der Waals surface area contributed by atoms with Crippen molar-refractivity contribution in [1.82, 2.24) is 14.8 Å². The standard InChI is InChI=1S/C11H7BrClF2N3/c12-7-3-6(14)4-8(15)9(7)18-10(5-1-2-5)16-17-11(18)13/h3-5H,1-2H2. The molecule has 2 aromatic rings. The number of hydrogen-bond donors (Lipinski definition) is 0. The lowest BCUT2D eigenvalue weighted by molar-refractivity contribution is 0.574. The van der Waals surface area contributed by atoms with Gasteiger partial charge >= 0.3 is 0 Å². The highest BCUT2D eigenvalue weighted by atomic mass is 79.9. The van der Waals surface area contributed by atoms with Gasteiger partial charge in [0.25, 0.3) is 0 Å². The average Bonchev–Trinajstić information content (AvgIpc) is 3.04. The Morgan fingerprint density at radius 2 is 2.00 bits per heavy atom. The van der Waals surface area contributed by atoms with Gasteiger partial charge in [0.2, 0.25) is 5.28 Å². The molecule has 1 fully saturated rings. The molecule has 3 nitrogen and oxygen atoms in total. The smallest absolute Gasteiger partial charge is 0.229 e. The molecule has 1 aliphatic carbocycles. The number of nitrogens with zero attached hydrogens (tertiary/aromatic N) is 3. The maximum Gasteiger partial charge on any atom is 0.229 e. The summed E-state index contributed by atoms with van der Waals surface area (Å²) in [5.74, 6) is -0.488. The van der Waals surface area contributed by atoms with E-state index in [0.29, 0.717) is 5.82 Å². The molecule has 94 valence electrons. The number of rotatable bonds is 2. The van der Waals surface area contributed by atoms with Gasteiger partial charge in [-0.25, -0.2) is 8.78 Å². The summed E-state index contributed by atoms with van der Waals surface area (Å²) in [5, 5.41) is 7.79. The first-order valence-corrected chi connectivity index (χ1v) is 6.50. The van der Waals surface area contributed by atoms with Crippen LogP contribution in [-0.2, 0) is 0 Å². The minimum absolute atomic E-state index is 0.0723. The van der Waals surface area contributed by atoms with E-state index >= 15 is 0 Å². The predicted octanol–water partition coefficient (Wildman–Crippen LogP) is 3.84. The van der Waals surface area contributed by atoms with Crippen LogP contribution in [0.4, 0.5) is 8.78 Å². The van der Waals surface area contributed by atoms with Crippen LogP contribution in [0, 0.1) is 11.6 Å². The fraction of sp³-hybridized carbons (Fsp3) is 0.273. The van der Waals surface area contributed by atoms with E-state index in [1.54, 1.807) is 0 Å². The molecule has 18 heavy (non-hydrogen) atoms. The van der Waals surface area contributed by atoms with Crippen LogP contribution in [0.5, 0.6) is 0 Å². The highest BCUT2D eigenvalue weighted by molar-refractivity contribution is 9.10. The van der Waals surface area contributed by atoms with Crippen LogP contribution in [-0.4, -0.2) is 14.8 Å². The second kappa shape index (κ2) is 4.28. The predicted molar refractivity (Wildman–Crippen MR) is 66.0 cm³/mol. The summed E-state index contributed by atoms with van der Waals surface area (Å²) in [7, 11) is 0. The van der Waals surface area contributed by atoms with Crippen LogP contribution in [0.15, 0.2) is 16.6 Å². The van der Waals surface area contributed by atoms with Crippen LogP contribution in [0.2, 0.25) is 5.28 Å². The van der Waals surface area contributed by atoms with E-state index in [2.05, 4.69) is 26.1 Å². The summed E-state index contributed by atoms with van der Waals surface area (Å²) < 4.78 is 28.7. The van der Waals surface area contributed by atoms with E-state index < -0.39 is 11.6 Å². The van der Waals surface area contributed by atoms with Gasteiger partial charge in [-0.3, -0.25) is 4.57 Å². The Morgan fingerprint density at radius 3 is 2.61 bits per heavy atom. The molecule has 0 bridgehead atoms. The Kier molecular flexibility index (Phi) is 2.86. The van der Waals surface area contributed by atoms with Crippen molar-refractivity contribution in [3.05, 3.63) is 39.3 Å². The average molecular weight is 335 g/mol. The van der Waals surface area contributed by atoms with Crippen LogP contribution >= 0.6 is 27.5 Å². The number of aromatic nitrogens is 3. The van der Waals surface area contributed by atoms with E-state index in [9.17, 15) is 8.78 Å². The minimum atomic E-state index is -0.703. The molecule has 0 saturated heterocycles. The first-order valence-electron chi connectivity index (χ1n) is 5.33. The molecule has 0 atom stereocenters. The molecular formula is C11H7BrClF2N3. The summed E-state index contributed by atoms with van der Waals surface area (Å²) in [5.41, 5.74) is 0.147. The van der Waals surface area contributed by atoms with Gasteiger partial charge in [0, 0.05) is 16.5 Å². The van der Waals surface area contributed by atoms with E-state index in [4.69, 9.17) is 11.6 Å². The van der Waals surface area contributed by atoms with Crippen molar-refractivity contribution in [3.63, 3.8) is 0 Å². The lowest BCUT2D eigenvalue weighted by atomic mass is 10.2. The third-order valence-corrected chi connectivity index (χ3v) is 3.65. The maximum absolute atomic E-state index is 13.9. The van der Waals surface area contributed by atoms with Gasteiger partial charge in [-0.1, -0.05) is 0 Å². The molecule has 1 aromatic carbocycles. The van der Waals surface area contributed by atoms with Gasteiger partial charge in [-0.05, 0) is 46.4 Å². The Balaban J connectivity index is 2.23. The normalized spacial score (nSPS) is 15.1. The molecule has 0 N–H and O–H groups in total. The highest BCUT2D eigenvalue weighted by Crippen LogP contribution is 2.41. The topological polar surface area (TPSA) is 30.7 Å². The zero-order chi connectivity index (χ0) is 12.9. The van der Waals surface area contributed by atoms with E-state index in [1.165, 1.54) is 10.6 Å².